The lowest BCUT2D eigenvalue weighted by Crippen LogP contribution is -2.22. The SMILES string of the molecule is CC(=O)NCCCNc1n[nH]c2ncnc(Nc3cccc(Cl)c3)c12. The Morgan fingerprint density at radius 1 is 1.24 bits per heavy atom. The molecule has 9 heteroatoms. The van der Waals surface area contributed by atoms with Gasteiger partial charge in [-0.3, -0.25) is 9.89 Å². The Hall–Kier alpha value is -2.87. The standard InChI is InChI=1S/C16H18ClN7O/c1-10(25)18-6-3-7-19-15-13-14(20-9-21-16(13)24-23-15)22-12-5-2-4-11(17)8-12/h2,4-5,8-9H,3,6-7H2,1H3,(H,18,25)(H3,19,20,21,22,23,24). The molecule has 0 aliphatic rings. The third-order valence-corrected chi connectivity index (χ3v) is 3.70. The molecule has 3 rings (SSSR count). The van der Waals surface area contributed by atoms with Gasteiger partial charge in [-0.25, -0.2) is 9.97 Å². The van der Waals surface area contributed by atoms with E-state index < -0.39 is 0 Å². The topological polar surface area (TPSA) is 108 Å². The van der Waals surface area contributed by atoms with Crippen molar-refractivity contribution < 1.29 is 4.79 Å². The molecule has 0 aliphatic carbocycles. The Morgan fingerprint density at radius 3 is 2.92 bits per heavy atom. The van der Waals surface area contributed by atoms with Gasteiger partial charge in [-0.05, 0) is 24.6 Å². The van der Waals surface area contributed by atoms with E-state index in [1.165, 1.54) is 13.3 Å². The molecular weight excluding hydrogens is 342 g/mol. The number of aromatic amines is 1. The van der Waals surface area contributed by atoms with E-state index in [1.807, 2.05) is 24.3 Å². The summed E-state index contributed by atoms with van der Waals surface area (Å²) in [5.41, 5.74) is 1.45. The first-order chi connectivity index (χ1) is 12.1. The summed E-state index contributed by atoms with van der Waals surface area (Å²) >= 11 is 6.03. The van der Waals surface area contributed by atoms with Crippen LogP contribution in [0.5, 0.6) is 0 Å². The maximum atomic E-state index is 10.9. The van der Waals surface area contributed by atoms with Crippen molar-refractivity contribution in [3.05, 3.63) is 35.6 Å². The number of nitrogens with one attached hydrogen (secondary N) is 4. The van der Waals surface area contributed by atoms with Crippen LogP contribution in [0, 0.1) is 0 Å². The van der Waals surface area contributed by atoms with Gasteiger partial charge in [0, 0.05) is 30.7 Å². The fraction of sp³-hybridized carbons (Fsp3) is 0.250. The summed E-state index contributed by atoms with van der Waals surface area (Å²) < 4.78 is 0. The van der Waals surface area contributed by atoms with Crippen LogP contribution in [0.4, 0.5) is 17.3 Å². The zero-order valence-electron chi connectivity index (χ0n) is 13.6. The zero-order valence-corrected chi connectivity index (χ0v) is 14.4. The number of nitrogens with zero attached hydrogens (tertiary/aromatic N) is 3. The van der Waals surface area contributed by atoms with E-state index >= 15 is 0 Å². The van der Waals surface area contributed by atoms with Crippen molar-refractivity contribution in [1.82, 2.24) is 25.5 Å². The van der Waals surface area contributed by atoms with Crippen molar-refractivity contribution in [1.29, 1.82) is 0 Å². The highest BCUT2D eigenvalue weighted by Crippen LogP contribution is 2.28. The van der Waals surface area contributed by atoms with E-state index in [2.05, 4.69) is 36.1 Å². The number of carbonyl (C=O) groups excluding carboxylic acids is 1. The van der Waals surface area contributed by atoms with E-state index in [0.717, 1.165) is 17.5 Å². The summed E-state index contributed by atoms with van der Waals surface area (Å²) in [5.74, 6) is 1.25. The normalized spacial score (nSPS) is 10.6. The third-order valence-electron chi connectivity index (χ3n) is 3.46. The lowest BCUT2D eigenvalue weighted by Gasteiger charge is -2.09. The lowest BCUT2D eigenvalue weighted by atomic mass is 10.3. The van der Waals surface area contributed by atoms with Crippen LogP contribution < -0.4 is 16.0 Å². The minimum Gasteiger partial charge on any atom is -0.368 e. The largest absolute Gasteiger partial charge is 0.368 e. The number of carbonyl (C=O) groups is 1. The molecule has 2 heterocycles. The number of anilines is 3. The fourth-order valence-corrected chi connectivity index (χ4v) is 2.53. The van der Waals surface area contributed by atoms with Crippen molar-refractivity contribution in [2.24, 2.45) is 0 Å². The summed E-state index contributed by atoms with van der Waals surface area (Å²) in [6.07, 6.45) is 2.24. The molecule has 0 radical (unpaired) electrons. The number of aromatic nitrogens is 4. The molecule has 0 unspecified atom stereocenters. The maximum absolute atomic E-state index is 10.9. The minimum absolute atomic E-state index is 0.0355. The van der Waals surface area contributed by atoms with Gasteiger partial charge in [-0.1, -0.05) is 17.7 Å². The average Bonchev–Trinajstić information content (AvgIpc) is 2.99. The highest BCUT2D eigenvalue weighted by atomic mass is 35.5. The van der Waals surface area contributed by atoms with Crippen LogP contribution in [0.3, 0.4) is 0 Å². The van der Waals surface area contributed by atoms with Crippen molar-refractivity contribution >= 4 is 45.9 Å². The van der Waals surface area contributed by atoms with Crippen LogP contribution in [0.15, 0.2) is 30.6 Å². The molecule has 0 bridgehead atoms. The molecule has 0 aliphatic heterocycles. The number of amides is 1. The van der Waals surface area contributed by atoms with Crippen LogP contribution in [0.2, 0.25) is 5.02 Å². The van der Waals surface area contributed by atoms with E-state index in [9.17, 15) is 4.79 Å². The summed E-state index contributed by atoms with van der Waals surface area (Å²) in [6, 6.07) is 7.39. The van der Waals surface area contributed by atoms with Crippen molar-refractivity contribution in [2.45, 2.75) is 13.3 Å². The molecule has 1 aromatic carbocycles. The van der Waals surface area contributed by atoms with E-state index in [0.29, 0.717) is 35.4 Å². The Labute approximate surface area is 149 Å². The molecule has 0 spiro atoms. The fourth-order valence-electron chi connectivity index (χ4n) is 2.34. The van der Waals surface area contributed by atoms with Crippen LogP contribution in [-0.4, -0.2) is 39.2 Å². The van der Waals surface area contributed by atoms with Crippen molar-refractivity contribution in [3.63, 3.8) is 0 Å². The van der Waals surface area contributed by atoms with Gasteiger partial charge in [-0.2, -0.15) is 5.10 Å². The Balaban J connectivity index is 1.75. The predicted molar refractivity (Wildman–Crippen MR) is 98.2 cm³/mol. The first-order valence-corrected chi connectivity index (χ1v) is 8.21. The summed E-state index contributed by atoms with van der Waals surface area (Å²) in [7, 11) is 0. The number of rotatable bonds is 7. The quantitative estimate of drug-likeness (QED) is 0.483. The van der Waals surface area contributed by atoms with Gasteiger partial charge in [-0.15, -0.1) is 0 Å². The van der Waals surface area contributed by atoms with Gasteiger partial charge in [0.15, 0.2) is 11.5 Å². The number of H-pyrrole nitrogens is 1. The van der Waals surface area contributed by atoms with Gasteiger partial charge in [0.05, 0.1) is 0 Å². The lowest BCUT2D eigenvalue weighted by molar-refractivity contribution is -0.118. The highest BCUT2D eigenvalue weighted by molar-refractivity contribution is 6.30. The third kappa shape index (κ3) is 4.36. The Kier molecular flexibility index (Phi) is 5.30. The number of hydrogen-bond donors (Lipinski definition) is 4. The highest BCUT2D eigenvalue weighted by Gasteiger charge is 2.13. The monoisotopic (exact) mass is 359 g/mol. The van der Waals surface area contributed by atoms with E-state index in [-0.39, 0.29) is 5.91 Å². The average molecular weight is 360 g/mol. The van der Waals surface area contributed by atoms with Gasteiger partial charge in [0.25, 0.3) is 0 Å². The zero-order chi connectivity index (χ0) is 17.6. The van der Waals surface area contributed by atoms with E-state index in [1.54, 1.807) is 0 Å². The molecule has 0 fully saturated rings. The molecule has 3 aromatic rings. The summed E-state index contributed by atoms with van der Waals surface area (Å²) in [5, 5.41) is 17.8. The first-order valence-electron chi connectivity index (χ1n) is 7.83. The number of halogens is 1. The molecule has 25 heavy (non-hydrogen) atoms. The molecule has 130 valence electrons. The molecule has 0 saturated carbocycles. The van der Waals surface area contributed by atoms with Crippen LogP contribution in [0.1, 0.15) is 13.3 Å². The Bertz CT molecular complexity index is 880. The second-order valence-corrected chi connectivity index (χ2v) is 5.85. The van der Waals surface area contributed by atoms with Crippen LogP contribution in [-0.2, 0) is 4.79 Å². The van der Waals surface area contributed by atoms with Gasteiger partial charge in [0.1, 0.15) is 17.5 Å². The molecule has 0 saturated heterocycles. The molecule has 0 atom stereocenters. The minimum atomic E-state index is -0.0355. The van der Waals surface area contributed by atoms with Crippen molar-refractivity contribution in [3.8, 4) is 0 Å². The molecule has 4 N–H and O–H groups in total. The predicted octanol–water partition coefficient (Wildman–Crippen LogP) is 2.69. The molecule has 8 nitrogen and oxygen atoms in total. The van der Waals surface area contributed by atoms with Gasteiger partial charge in [0.2, 0.25) is 5.91 Å². The van der Waals surface area contributed by atoms with Gasteiger partial charge >= 0.3 is 0 Å². The number of fused-ring (bicyclic) bond motifs is 1. The summed E-state index contributed by atoms with van der Waals surface area (Å²) in [4.78, 5) is 19.4. The van der Waals surface area contributed by atoms with Crippen molar-refractivity contribution in [2.75, 3.05) is 23.7 Å². The molecule has 2 aromatic heterocycles. The van der Waals surface area contributed by atoms with Crippen LogP contribution >= 0.6 is 11.6 Å². The number of benzene rings is 1. The Morgan fingerprint density at radius 2 is 2.12 bits per heavy atom. The number of hydrogen-bond acceptors (Lipinski definition) is 6. The second kappa shape index (κ2) is 7.80. The smallest absolute Gasteiger partial charge is 0.216 e. The second-order valence-electron chi connectivity index (χ2n) is 5.42. The first kappa shape index (κ1) is 17.0. The summed E-state index contributed by atoms with van der Waals surface area (Å²) in [6.45, 7) is 2.76. The van der Waals surface area contributed by atoms with E-state index in [4.69, 9.17) is 11.6 Å². The van der Waals surface area contributed by atoms with Gasteiger partial charge < -0.3 is 16.0 Å². The molecular formula is C16H18ClN7O. The van der Waals surface area contributed by atoms with Crippen LogP contribution in [0.25, 0.3) is 11.0 Å². The maximum Gasteiger partial charge on any atom is 0.216 e. The molecule has 1 amide bonds.